The average Bonchev–Trinajstić information content (AvgIpc) is 2.38. The number of carbonyl (C=O) groups is 1. The molecule has 100 valence electrons. The summed E-state index contributed by atoms with van der Waals surface area (Å²) >= 11 is 0. The van der Waals surface area contributed by atoms with Crippen molar-refractivity contribution < 1.29 is 23.1 Å². The van der Waals surface area contributed by atoms with Crippen molar-refractivity contribution in [1.29, 1.82) is 0 Å². The lowest BCUT2D eigenvalue weighted by Gasteiger charge is -2.20. The van der Waals surface area contributed by atoms with Crippen LogP contribution in [0.5, 0.6) is 0 Å². The van der Waals surface area contributed by atoms with Gasteiger partial charge in [-0.25, -0.2) is 0 Å². The maximum atomic E-state index is 12.1. The number of likely N-dealkylation sites (tertiary alicyclic amines) is 1. The highest BCUT2D eigenvalue weighted by Gasteiger charge is 2.28. The van der Waals surface area contributed by atoms with Gasteiger partial charge in [0, 0.05) is 13.0 Å². The third kappa shape index (κ3) is 6.51. The molecule has 0 aliphatic carbocycles. The Kier molecular flexibility index (Phi) is 5.24. The second-order valence-electron chi connectivity index (χ2n) is 4.60. The summed E-state index contributed by atoms with van der Waals surface area (Å²) < 4.78 is 36.2. The molecule has 1 N–H and O–H groups in total. The Labute approximate surface area is 98.6 Å². The monoisotopic (exact) mass is 253 g/mol. The smallest absolute Gasteiger partial charge is 0.390 e. The highest BCUT2D eigenvalue weighted by molar-refractivity contribution is 5.66. The van der Waals surface area contributed by atoms with Gasteiger partial charge in [-0.2, -0.15) is 13.2 Å². The molecule has 0 aromatic rings. The molecule has 1 fully saturated rings. The first-order valence-corrected chi connectivity index (χ1v) is 5.88. The average molecular weight is 253 g/mol. The van der Waals surface area contributed by atoms with Gasteiger partial charge in [-0.3, -0.25) is 4.79 Å². The molecule has 1 aliphatic rings. The van der Waals surface area contributed by atoms with Gasteiger partial charge in [0.05, 0.1) is 6.42 Å². The molecule has 1 atom stereocenters. The zero-order valence-electron chi connectivity index (χ0n) is 9.67. The maximum absolute atomic E-state index is 12.1. The number of alkyl halides is 3. The number of carboxylic acid groups (broad SMARTS) is 1. The van der Waals surface area contributed by atoms with Gasteiger partial charge in [0.1, 0.15) is 0 Å². The van der Waals surface area contributed by atoms with E-state index >= 15 is 0 Å². The fourth-order valence-corrected chi connectivity index (χ4v) is 2.18. The highest BCUT2D eigenvalue weighted by atomic mass is 19.4. The van der Waals surface area contributed by atoms with Crippen molar-refractivity contribution in [2.75, 3.05) is 19.6 Å². The van der Waals surface area contributed by atoms with Crippen molar-refractivity contribution in [3.05, 3.63) is 0 Å². The van der Waals surface area contributed by atoms with Crippen LogP contribution in [-0.4, -0.2) is 41.8 Å². The van der Waals surface area contributed by atoms with E-state index in [0.717, 1.165) is 12.8 Å². The van der Waals surface area contributed by atoms with Crippen LogP contribution in [0.1, 0.15) is 32.1 Å². The molecule has 0 amide bonds. The number of carboxylic acids is 1. The molecule has 17 heavy (non-hydrogen) atoms. The topological polar surface area (TPSA) is 40.5 Å². The Morgan fingerprint density at radius 3 is 2.59 bits per heavy atom. The molecule has 0 radical (unpaired) electrons. The number of nitrogens with zero attached hydrogens (tertiary/aromatic N) is 1. The molecular formula is C11H18F3NO2. The highest BCUT2D eigenvalue weighted by Crippen LogP contribution is 2.23. The molecule has 1 unspecified atom stereocenters. The van der Waals surface area contributed by atoms with Crippen molar-refractivity contribution in [3.63, 3.8) is 0 Å². The Balaban J connectivity index is 2.30. The van der Waals surface area contributed by atoms with Gasteiger partial charge in [0.25, 0.3) is 0 Å². The maximum Gasteiger partial charge on any atom is 0.390 e. The summed E-state index contributed by atoms with van der Waals surface area (Å²) in [5.41, 5.74) is 0. The first-order valence-electron chi connectivity index (χ1n) is 5.88. The van der Waals surface area contributed by atoms with Gasteiger partial charge < -0.3 is 10.0 Å². The van der Waals surface area contributed by atoms with E-state index in [4.69, 9.17) is 5.11 Å². The lowest BCUT2D eigenvalue weighted by Crippen LogP contribution is -2.29. The van der Waals surface area contributed by atoms with Crippen LogP contribution in [0.3, 0.4) is 0 Å². The van der Waals surface area contributed by atoms with Gasteiger partial charge in [0.2, 0.25) is 0 Å². The van der Waals surface area contributed by atoms with Crippen LogP contribution in [0, 0.1) is 5.92 Å². The minimum Gasteiger partial charge on any atom is -0.481 e. The van der Waals surface area contributed by atoms with Crippen molar-refractivity contribution in [2.45, 2.75) is 38.3 Å². The zero-order chi connectivity index (χ0) is 12.9. The molecule has 1 aliphatic heterocycles. The predicted molar refractivity (Wildman–Crippen MR) is 56.7 cm³/mol. The quantitative estimate of drug-likeness (QED) is 0.837. The molecule has 0 spiro atoms. The summed E-state index contributed by atoms with van der Waals surface area (Å²) in [6.07, 6.45) is -2.48. The molecule has 1 saturated heterocycles. The summed E-state index contributed by atoms with van der Waals surface area (Å²) in [5, 5.41) is 8.67. The standard InChI is InChI=1S/C11H18F3NO2/c12-11(13,14)4-7-15-5-1-2-9(3-6-15)8-10(16)17/h9H,1-8H2,(H,16,17). The summed E-state index contributed by atoms with van der Waals surface area (Å²) in [6.45, 7) is 1.25. The van der Waals surface area contributed by atoms with Gasteiger partial charge in [-0.1, -0.05) is 0 Å². The fraction of sp³-hybridized carbons (Fsp3) is 0.909. The van der Waals surface area contributed by atoms with E-state index in [1.54, 1.807) is 4.90 Å². The van der Waals surface area contributed by atoms with Crippen molar-refractivity contribution in [3.8, 4) is 0 Å². The second kappa shape index (κ2) is 6.23. The molecule has 6 heteroatoms. The predicted octanol–water partition coefficient (Wildman–Crippen LogP) is 2.52. The van der Waals surface area contributed by atoms with E-state index in [2.05, 4.69) is 0 Å². The van der Waals surface area contributed by atoms with Gasteiger partial charge >= 0.3 is 12.1 Å². The fourth-order valence-electron chi connectivity index (χ4n) is 2.18. The third-order valence-corrected chi connectivity index (χ3v) is 3.12. The number of hydrogen-bond donors (Lipinski definition) is 1. The van der Waals surface area contributed by atoms with E-state index in [0.29, 0.717) is 19.5 Å². The molecule has 0 saturated carbocycles. The van der Waals surface area contributed by atoms with E-state index in [9.17, 15) is 18.0 Å². The lowest BCUT2D eigenvalue weighted by atomic mass is 9.97. The number of aliphatic carboxylic acids is 1. The van der Waals surface area contributed by atoms with Gasteiger partial charge in [-0.05, 0) is 38.3 Å². The molecule has 3 nitrogen and oxygen atoms in total. The molecule has 1 heterocycles. The van der Waals surface area contributed by atoms with Crippen molar-refractivity contribution >= 4 is 5.97 Å². The Morgan fingerprint density at radius 1 is 1.29 bits per heavy atom. The Bertz CT molecular complexity index is 256. The summed E-state index contributed by atoms with van der Waals surface area (Å²) in [4.78, 5) is 12.3. The second-order valence-corrected chi connectivity index (χ2v) is 4.60. The Hall–Kier alpha value is -0.780. The summed E-state index contributed by atoms with van der Waals surface area (Å²) in [5.74, 6) is -0.706. The summed E-state index contributed by atoms with van der Waals surface area (Å²) in [6, 6.07) is 0. The number of halogens is 3. The van der Waals surface area contributed by atoms with Gasteiger partial charge in [0.15, 0.2) is 0 Å². The molecule has 0 aromatic heterocycles. The van der Waals surface area contributed by atoms with Crippen LogP contribution in [0.2, 0.25) is 0 Å². The van der Waals surface area contributed by atoms with Crippen LogP contribution in [-0.2, 0) is 4.79 Å². The van der Waals surface area contributed by atoms with E-state index in [1.807, 2.05) is 0 Å². The lowest BCUT2D eigenvalue weighted by molar-refractivity contribution is -0.138. The normalized spacial score (nSPS) is 23.4. The third-order valence-electron chi connectivity index (χ3n) is 3.12. The first-order chi connectivity index (χ1) is 7.87. The van der Waals surface area contributed by atoms with Gasteiger partial charge in [-0.15, -0.1) is 0 Å². The molecular weight excluding hydrogens is 235 g/mol. The van der Waals surface area contributed by atoms with E-state index in [-0.39, 0.29) is 18.9 Å². The molecule has 0 bridgehead atoms. The first kappa shape index (κ1) is 14.3. The number of rotatable bonds is 4. The zero-order valence-corrected chi connectivity index (χ0v) is 9.67. The van der Waals surface area contributed by atoms with E-state index in [1.165, 1.54) is 0 Å². The van der Waals surface area contributed by atoms with Crippen LogP contribution < -0.4 is 0 Å². The Morgan fingerprint density at radius 2 is 2.00 bits per heavy atom. The molecule has 0 aromatic carbocycles. The molecule has 1 rings (SSSR count). The van der Waals surface area contributed by atoms with Crippen LogP contribution in [0.25, 0.3) is 0 Å². The van der Waals surface area contributed by atoms with Crippen LogP contribution in [0.4, 0.5) is 13.2 Å². The minimum atomic E-state index is -4.10. The summed E-state index contributed by atoms with van der Waals surface area (Å²) in [7, 11) is 0. The van der Waals surface area contributed by atoms with Crippen molar-refractivity contribution in [1.82, 2.24) is 4.90 Å². The van der Waals surface area contributed by atoms with Crippen LogP contribution >= 0.6 is 0 Å². The minimum absolute atomic E-state index is 0.0310. The van der Waals surface area contributed by atoms with Crippen LogP contribution in [0.15, 0.2) is 0 Å². The number of hydrogen-bond acceptors (Lipinski definition) is 2. The SMILES string of the molecule is O=C(O)CC1CCCN(CCC(F)(F)F)CC1. The van der Waals surface area contributed by atoms with E-state index < -0.39 is 18.6 Å². The van der Waals surface area contributed by atoms with Crippen molar-refractivity contribution in [2.24, 2.45) is 5.92 Å². The largest absolute Gasteiger partial charge is 0.481 e.